The Bertz CT molecular complexity index is 1070. The molecule has 0 saturated carbocycles. The van der Waals surface area contributed by atoms with Gasteiger partial charge in [-0.15, -0.1) is 0 Å². The standard InChI is InChI=1S/C18H12F5N3OS/c19-12-5-2-6-13(20)14(12)17(8-26-16(28)24-9-25-26)15(27-17)10-3-1-4-11(7-10)18(21,22)23/h1-7,9,15H,8H2,(H,24,25,28). The summed E-state index contributed by atoms with van der Waals surface area (Å²) in [5.41, 5.74) is -2.65. The monoisotopic (exact) mass is 413 g/mol. The van der Waals surface area contributed by atoms with Crippen LogP contribution in [0.2, 0.25) is 0 Å². The second-order valence-electron chi connectivity index (χ2n) is 6.36. The molecule has 1 aliphatic heterocycles. The molecule has 2 aromatic carbocycles. The minimum absolute atomic E-state index is 0.120. The molecule has 28 heavy (non-hydrogen) atoms. The number of benzene rings is 2. The van der Waals surface area contributed by atoms with Crippen molar-refractivity contribution in [2.45, 2.75) is 24.4 Å². The molecule has 1 aliphatic rings. The van der Waals surface area contributed by atoms with Crippen LogP contribution in [-0.4, -0.2) is 14.8 Å². The van der Waals surface area contributed by atoms with E-state index in [1.807, 2.05) is 0 Å². The number of nitrogens with one attached hydrogen (secondary N) is 1. The van der Waals surface area contributed by atoms with Gasteiger partial charge in [0, 0.05) is 0 Å². The predicted molar refractivity (Wildman–Crippen MR) is 90.7 cm³/mol. The van der Waals surface area contributed by atoms with Crippen LogP contribution in [0.15, 0.2) is 48.8 Å². The van der Waals surface area contributed by atoms with Crippen molar-refractivity contribution in [3.05, 3.63) is 81.9 Å². The van der Waals surface area contributed by atoms with Crippen LogP contribution < -0.4 is 0 Å². The van der Waals surface area contributed by atoms with Crippen molar-refractivity contribution in [2.24, 2.45) is 0 Å². The van der Waals surface area contributed by atoms with E-state index in [0.717, 1.165) is 24.3 Å². The van der Waals surface area contributed by atoms with Gasteiger partial charge in [-0.2, -0.15) is 13.2 Å². The van der Waals surface area contributed by atoms with E-state index in [1.54, 1.807) is 0 Å². The number of rotatable bonds is 4. The number of epoxide rings is 1. The summed E-state index contributed by atoms with van der Waals surface area (Å²) in [6.45, 7) is -0.148. The average molecular weight is 413 g/mol. The van der Waals surface area contributed by atoms with Crippen molar-refractivity contribution in [3.63, 3.8) is 0 Å². The Labute approximate surface area is 160 Å². The second-order valence-corrected chi connectivity index (χ2v) is 6.73. The summed E-state index contributed by atoms with van der Waals surface area (Å²) in [4.78, 5) is 3.84. The number of hydrogen-bond donors (Lipinski definition) is 1. The molecule has 0 spiro atoms. The highest BCUT2D eigenvalue weighted by Gasteiger charge is 2.61. The summed E-state index contributed by atoms with van der Waals surface area (Å²) in [5.74, 6) is -1.72. The fourth-order valence-corrected chi connectivity index (χ4v) is 3.48. The molecule has 4 rings (SSSR count). The summed E-state index contributed by atoms with van der Waals surface area (Å²) < 4.78 is 75.3. The number of nitrogens with zero attached hydrogens (tertiary/aromatic N) is 2. The molecule has 0 amide bonds. The van der Waals surface area contributed by atoms with Crippen LogP contribution in [-0.2, 0) is 23.1 Å². The number of aromatic nitrogens is 3. The number of ether oxygens (including phenoxy) is 1. The fourth-order valence-electron chi connectivity index (χ4n) is 3.31. The van der Waals surface area contributed by atoms with E-state index >= 15 is 0 Å². The number of aromatic amines is 1. The Morgan fingerprint density at radius 2 is 1.82 bits per heavy atom. The third-order valence-corrected chi connectivity index (χ3v) is 4.94. The first kappa shape index (κ1) is 18.8. The maximum atomic E-state index is 14.5. The molecule has 146 valence electrons. The summed E-state index contributed by atoms with van der Waals surface area (Å²) in [6.07, 6.45) is -4.25. The summed E-state index contributed by atoms with van der Waals surface area (Å²) in [7, 11) is 0. The smallest absolute Gasteiger partial charge is 0.354 e. The first-order valence-electron chi connectivity index (χ1n) is 8.12. The van der Waals surface area contributed by atoms with Crippen molar-refractivity contribution in [3.8, 4) is 0 Å². The maximum Gasteiger partial charge on any atom is 0.416 e. The molecule has 1 N–H and O–H groups in total. The van der Waals surface area contributed by atoms with Crippen molar-refractivity contribution < 1.29 is 26.7 Å². The van der Waals surface area contributed by atoms with Crippen molar-refractivity contribution in [1.29, 1.82) is 0 Å². The molecule has 1 saturated heterocycles. The predicted octanol–water partition coefficient (Wildman–Crippen LogP) is 4.90. The molecular formula is C18H12F5N3OS. The van der Waals surface area contributed by atoms with Gasteiger partial charge in [-0.1, -0.05) is 18.2 Å². The Hall–Kier alpha value is -2.59. The number of H-pyrrole nitrogens is 1. The van der Waals surface area contributed by atoms with Crippen molar-refractivity contribution >= 4 is 12.2 Å². The number of halogens is 5. The van der Waals surface area contributed by atoms with E-state index in [4.69, 9.17) is 17.0 Å². The Morgan fingerprint density at radius 1 is 1.14 bits per heavy atom. The Kier molecular flexibility index (Phi) is 4.35. The quantitative estimate of drug-likeness (QED) is 0.376. The van der Waals surface area contributed by atoms with E-state index < -0.39 is 35.1 Å². The average Bonchev–Trinajstić information content (AvgIpc) is 3.21. The minimum Gasteiger partial charge on any atom is -0.354 e. The van der Waals surface area contributed by atoms with Crippen LogP contribution in [0.3, 0.4) is 0 Å². The lowest BCUT2D eigenvalue weighted by Gasteiger charge is -2.16. The SMILES string of the molecule is Fc1cccc(F)c1C1(Cn2[nH]cnc2=S)OC1c1cccc(C(F)(F)F)c1. The van der Waals surface area contributed by atoms with Crippen LogP contribution in [0.1, 0.15) is 22.8 Å². The van der Waals surface area contributed by atoms with Gasteiger partial charge in [0.15, 0.2) is 0 Å². The number of alkyl halides is 3. The largest absolute Gasteiger partial charge is 0.416 e. The van der Waals surface area contributed by atoms with E-state index in [9.17, 15) is 22.0 Å². The van der Waals surface area contributed by atoms with Gasteiger partial charge in [0.05, 0.1) is 17.7 Å². The van der Waals surface area contributed by atoms with E-state index in [2.05, 4.69) is 10.1 Å². The first-order valence-corrected chi connectivity index (χ1v) is 8.53. The first-order chi connectivity index (χ1) is 13.2. The lowest BCUT2D eigenvalue weighted by molar-refractivity contribution is -0.137. The van der Waals surface area contributed by atoms with Crippen LogP contribution in [0.4, 0.5) is 22.0 Å². The fraction of sp³-hybridized carbons (Fsp3) is 0.222. The molecule has 10 heteroatoms. The van der Waals surface area contributed by atoms with E-state index in [-0.39, 0.29) is 22.4 Å². The van der Waals surface area contributed by atoms with Gasteiger partial charge in [-0.3, -0.25) is 9.78 Å². The van der Waals surface area contributed by atoms with E-state index in [1.165, 1.54) is 29.2 Å². The Balaban J connectivity index is 1.81. The molecule has 4 nitrogen and oxygen atoms in total. The molecule has 0 bridgehead atoms. The normalized spacial score (nSPS) is 21.7. The van der Waals surface area contributed by atoms with Crippen molar-refractivity contribution in [1.82, 2.24) is 14.8 Å². The lowest BCUT2D eigenvalue weighted by atomic mass is 9.90. The van der Waals surface area contributed by atoms with E-state index in [0.29, 0.717) is 0 Å². The summed E-state index contributed by atoms with van der Waals surface area (Å²) in [5, 5.41) is 2.71. The zero-order valence-corrected chi connectivity index (χ0v) is 14.8. The molecule has 3 aromatic rings. The third-order valence-electron chi connectivity index (χ3n) is 4.61. The molecule has 2 heterocycles. The molecule has 2 atom stereocenters. The highest BCUT2D eigenvalue weighted by Crippen LogP contribution is 2.59. The summed E-state index contributed by atoms with van der Waals surface area (Å²) >= 11 is 5.05. The maximum absolute atomic E-state index is 14.5. The molecule has 0 aliphatic carbocycles. The zero-order chi connectivity index (χ0) is 20.1. The van der Waals surface area contributed by atoms with Gasteiger partial charge in [-0.25, -0.2) is 13.8 Å². The van der Waals surface area contributed by atoms with Crippen LogP contribution in [0.5, 0.6) is 0 Å². The third kappa shape index (κ3) is 3.12. The highest BCUT2D eigenvalue weighted by molar-refractivity contribution is 7.71. The van der Waals surface area contributed by atoms with Crippen LogP contribution >= 0.6 is 12.2 Å². The molecular weight excluding hydrogens is 401 g/mol. The number of hydrogen-bond acceptors (Lipinski definition) is 3. The molecule has 0 radical (unpaired) electrons. The van der Waals surface area contributed by atoms with Gasteiger partial charge in [0.2, 0.25) is 4.77 Å². The summed E-state index contributed by atoms with van der Waals surface area (Å²) in [6, 6.07) is 7.82. The van der Waals surface area contributed by atoms with Gasteiger partial charge in [0.25, 0.3) is 0 Å². The van der Waals surface area contributed by atoms with Gasteiger partial charge in [0.1, 0.15) is 29.7 Å². The topological polar surface area (TPSA) is 46.1 Å². The molecule has 2 unspecified atom stereocenters. The lowest BCUT2D eigenvalue weighted by Crippen LogP contribution is -2.23. The van der Waals surface area contributed by atoms with Gasteiger partial charge < -0.3 is 4.74 Å². The molecule has 1 aromatic heterocycles. The Morgan fingerprint density at radius 3 is 2.43 bits per heavy atom. The zero-order valence-electron chi connectivity index (χ0n) is 14.0. The van der Waals surface area contributed by atoms with Gasteiger partial charge in [-0.05, 0) is 42.0 Å². The van der Waals surface area contributed by atoms with Crippen molar-refractivity contribution in [2.75, 3.05) is 0 Å². The minimum atomic E-state index is -4.55. The van der Waals surface area contributed by atoms with Crippen LogP contribution in [0.25, 0.3) is 0 Å². The second kappa shape index (κ2) is 6.49. The molecule has 1 fully saturated rings. The van der Waals surface area contributed by atoms with Gasteiger partial charge >= 0.3 is 6.18 Å². The highest BCUT2D eigenvalue weighted by atomic mass is 32.1. The van der Waals surface area contributed by atoms with Crippen LogP contribution in [0, 0.1) is 16.4 Å².